The maximum atomic E-state index is 6.48. The molecule has 0 saturated heterocycles. The van der Waals surface area contributed by atoms with Crippen LogP contribution in [0.1, 0.15) is 29.2 Å². The molecular formula is C39H29ClN6. The van der Waals surface area contributed by atoms with Gasteiger partial charge in [0.05, 0.1) is 34.3 Å². The zero-order chi connectivity index (χ0) is 31.0. The Kier molecular flexibility index (Phi) is 7.12. The molecule has 7 aromatic rings. The van der Waals surface area contributed by atoms with Gasteiger partial charge in [-0.25, -0.2) is 19.7 Å². The molecule has 3 heterocycles. The van der Waals surface area contributed by atoms with Crippen molar-refractivity contribution >= 4 is 34.2 Å². The summed E-state index contributed by atoms with van der Waals surface area (Å²) in [7, 11) is 0. The van der Waals surface area contributed by atoms with Crippen LogP contribution in [0.5, 0.6) is 0 Å². The fraction of sp³-hybridized carbons (Fsp3) is 0.0769. The number of hydrogen-bond acceptors (Lipinski definition) is 5. The molecule has 8 rings (SSSR count). The molecule has 0 aliphatic carbocycles. The first-order valence-corrected chi connectivity index (χ1v) is 15.7. The highest BCUT2D eigenvalue weighted by molar-refractivity contribution is 6.31. The molecule has 0 spiro atoms. The smallest absolute Gasteiger partial charge is 0.240 e. The molecule has 1 unspecified atom stereocenters. The third kappa shape index (κ3) is 5.23. The van der Waals surface area contributed by atoms with E-state index in [1.54, 1.807) is 0 Å². The molecule has 7 heteroatoms. The lowest BCUT2D eigenvalue weighted by Crippen LogP contribution is -2.21. The highest BCUT2D eigenvalue weighted by Crippen LogP contribution is 2.41. The van der Waals surface area contributed by atoms with Gasteiger partial charge in [0.2, 0.25) is 5.95 Å². The van der Waals surface area contributed by atoms with Gasteiger partial charge in [-0.1, -0.05) is 120 Å². The molecular weight excluding hydrogens is 588 g/mol. The Bertz CT molecular complexity index is 2190. The van der Waals surface area contributed by atoms with Gasteiger partial charge in [-0.05, 0) is 42.8 Å². The van der Waals surface area contributed by atoms with Crippen molar-refractivity contribution in [2.24, 2.45) is 5.10 Å². The summed E-state index contributed by atoms with van der Waals surface area (Å²) in [6, 6.07) is 44.8. The van der Waals surface area contributed by atoms with E-state index in [2.05, 4.69) is 73.8 Å². The van der Waals surface area contributed by atoms with Crippen molar-refractivity contribution in [1.82, 2.24) is 19.7 Å². The Morgan fingerprint density at radius 1 is 0.674 bits per heavy atom. The first-order chi connectivity index (χ1) is 22.6. The fourth-order valence-electron chi connectivity index (χ4n) is 6.03. The minimum absolute atomic E-state index is 0.211. The van der Waals surface area contributed by atoms with Gasteiger partial charge in [-0.2, -0.15) is 10.2 Å². The Balaban J connectivity index is 1.34. The standard InChI is InChI=1S/C39H29ClN6/c1-26-17-19-29(20-18-26)38-33(25-45(44-38)31-15-9-4-10-16-31)36-24-35(27-11-5-2-6-12-27)43-46(36)39-41-34-22-21-30(40)23-32(34)37(42-39)28-13-7-3-8-14-28/h2-23,25,36H,24H2,1H3. The van der Waals surface area contributed by atoms with Crippen molar-refractivity contribution in [2.45, 2.75) is 19.4 Å². The second kappa shape index (κ2) is 11.7. The van der Waals surface area contributed by atoms with E-state index < -0.39 is 0 Å². The summed E-state index contributed by atoms with van der Waals surface area (Å²) in [4.78, 5) is 10.3. The maximum absolute atomic E-state index is 6.48. The number of hydrogen-bond donors (Lipinski definition) is 0. The van der Waals surface area contributed by atoms with Crippen molar-refractivity contribution in [1.29, 1.82) is 0 Å². The van der Waals surface area contributed by atoms with Crippen molar-refractivity contribution in [3.05, 3.63) is 161 Å². The molecule has 46 heavy (non-hydrogen) atoms. The summed E-state index contributed by atoms with van der Waals surface area (Å²) < 4.78 is 1.96. The Morgan fingerprint density at radius 2 is 1.33 bits per heavy atom. The molecule has 222 valence electrons. The number of rotatable bonds is 6. The summed E-state index contributed by atoms with van der Waals surface area (Å²) in [6.07, 6.45) is 2.79. The normalized spacial score (nSPS) is 14.5. The SMILES string of the molecule is Cc1ccc(-c2nn(-c3ccccc3)cc2C2CC(c3ccccc3)=NN2c2nc(-c3ccccc3)c3cc(Cl)ccc3n2)cc1. The van der Waals surface area contributed by atoms with E-state index in [1.807, 2.05) is 82.5 Å². The van der Waals surface area contributed by atoms with Crippen molar-refractivity contribution in [2.75, 3.05) is 5.01 Å². The van der Waals surface area contributed by atoms with Crippen LogP contribution in [-0.2, 0) is 0 Å². The number of halogens is 1. The molecule has 0 radical (unpaired) electrons. The summed E-state index contributed by atoms with van der Waals surface area (Å²) in [5.41, 5.74) is 9.80. The summed E-state index contributed by atoms with van der Waals surface area (Å²) in [6.45, 7) is 2.10. The fourth-order valence-corrected chi connectivity index (χ4v) is 6.20. The van der Waals surface area contributed by atoms with Crippen LogP contribution in [0.15, 0.2) is 145 Å². The third-order valence-electron chi connectivity index (χ3n) is 8.36. The number of para-hydroxylation sites is 1. The first-order valence-electron chi connectivity index (χ1n) is 15.3. The molecule has 6 nitrogen and oxygen atoms in total. The van der Waals surface area contributed by atoms with Gasteiger partial charge in [0.1, 0.15) is 0 Å². The van der Waals surface area contributed by atoms with Gasteiger partial charge in [0.25, 0.3) is 0 Å². The Labute approximate surface area is 272 Å². The molecule has 0 saturated carbocycles. The zero-order valence-electron chi connectivity index (χ0n) is 25.1. The average Bonchev–Trinajstić information content (AvgIpc) is 3.75. The molecule has 0 bridgehead atoms. The van der Waals surface area contributed by atoms with Gasteiger partial charge in [0.15, 0.2) is 0 Å². The molecule has 0 fully saturated rings. The van der Waals surface area contributed by atoms with E-state index in [-0.39, 0.29) is 6.04 Å². The summed E-state index contributed by atoms with van der Waals surface area (Å²) >= 11 is 6.48. The Hall–Kier alpha value is -5.59. The largest absolute Gasteiger partial charge is 0.247 e. The topological polar surface area (TPSA) is 59.2 Å². The van der Waals surface area contributed by atoms with Crippen molar-refractivity contribution < 1.29 is 0 Å². The zero-order valence-corrected chi connectivity index (χ0v) is 25.9. The number of aryl methyl sites for hydroxylation is 1. The van der Waals surface area contributed by atoms with E-state index in [9.17, 15) is 0 Å². The lowest BCUT2D eigenvalue weighted by molar-refractivity contribution is 0.690. The van der Waals surface area contributed by atoms with Crippen LogP contribution in [0.2, 0.25) is 5.02 Å². The molecule has 2 aromatic heterocycles. The van der Waals surface area contributed by atoms with Gasteiger partial charge in [-0.3, -0.25) is 0 Å². The van der Waals surface area contributed by atoms with Crippen LogP contribution in [0, 0.1) is 6.92 Å². The number of benzene rings is 5. The quantitative estimate of drug-likeness (QED) is 0.187. The first kappa shape index (κ1) is 27.9. The molecule has 1 aliphatic rings. The number of anilines is 1. The van der Waals surface area contributed by atoms with Crippen molar-refractivity contribution in [3.63, 3.8) is 0 Å². The van der Waals surface area contributed by atoms with Crippen LogP contribution in [0.3, 0.4) is 0 Å². The Morgan fingerprint density at radius 3 is 2.04 bits per heavy atom. The van der Waals surface area contributed by atoms with Crippen LogP contribution < -0.4 is 5.01 Å². The molecule has 0 amide bonds. The van der Waals surface area contributed by atoms with E-state index in [1.165, 1.54) is 5.56 Å². The van der Waals surface area contributed by atoms with Gasteiger partial charge in [-0.15, -0.1) is 0 Å². The molecule has 0 N–H and O–H groups in total. The van der Waals surface area contributed by atoms with E-state index in [4.69, 9.17) is 31.8 Å². The van der Waals surface area contributed by atoms with E-state index >= 15 is 0 Å². The number of nitrogens with zero attached hydrogens (tertiary/aromatic N) is 6. The van der Waals surface area contributed by atoms with Gasteiger partial charge < -0.3 is 0 Å². The van der Waals surface area contributed by atoms with Gasteiger partial charge in [0, 0.05) is 39.7 Å². The highest BCUT2D eigenvalue weighted by atomic mass is 35.5. The second-order valence-corrected chi connectivity index (χ2v) is 11.9. The predicted octanol–water partition coefficient (Wildman–Crippen LogP) is 9.47. The van der Waals surface area contributed by atoms with Crippen LogP contribution in [0.25, 0.3) is 39.1 Å². The van der Waals surface area contributed by atoms with Crippen molar-refractivity contribution in [3.8, 4) is 28.2 Å². The summed E-state index contributed by atoms with van der Waals surface area (Å²) in [5.74, 6) is 0.520. The third-order valence-corrected chi connectivity index (χ3v) is 8.60. The summed E-state index contributed by atoms with van der Waals surface area (Å²) in [5, 5.41) is 13.9. The minimum Gasteiger partial charge on any atom is -0.240 e. The molecule has 5 aromatic carbocycles. The highest BCUT2D eigenvalue weighted by Gasteiger charge is 2.35. The number of hydrazone groups is 1. The molecule has 1 atom stereocenters. The number of fused-ring (bicyclic) bond motifs is 1. The number of aromatic nitrogens is 4. The minimum atomic E-state index is -0.211. The molecule has 1 aliphatic heterocycles. The average molecular weight is 617 g/mol. The monoisotopic (exact) mass is 616 g/mol. The maximum Gasteiger partial charge on any atom is 0.247 e. The van der Waals surface area contributed by atoms with Gasteiger partial charge >= 0.3 is 0 Å². The predicted molar refractivity (Wildman–Crippen MR) is 187 cm³/mol. The van der Waals surface area contributed by atoms with Crippen LogP contribution >= 0.6 is 11.6 Å². The van der Waals surface area contributed by atoms with E-state index in [0.29, 0.717) is 17.4 Å². The lowest BCUT2D eigenvalue weighted by Gasteiger charge is -2.23. The van der Waals surface area contributed by atoms with E-state index in [0.717, 1.165) is 55.9 Å². The second-order valence-electron chi connectivity index (χ2n) is 11.5. The lowest BCUT2D eigenvalue weighted by atomic mass is 9.96. The van der Waals surface area contributed by atoms with Crippen LogP contribution in [0.4, 0.5) is 5.95 Å². The van der Waals surface area contributed by atoms with Crippen LogP contribution in [-0.4, -0.2) is 25.5 Å².